The molecule has 3 aromatic heterocycles. The minimum absolute atomic E-state index is 0.0353. The number of halogens is 1. The highest BCUT2D eigenvalue weighted by Crippen LogP contribution is 2.42. The first kappa shape index (κ1) is 13.9. The van der Waals surface area contributed by atoms with Gasteiger partial charge in [-0.05, 0) is 6.07 Å². The van der Waals surface area contributed by atoms with Gasteiger partial charge in [0.2, 0.25) is 0 Å². The molecule has 0 atom stereocenters. The molecule has 0 fully saturated rings. The lowest BCUT2D eigenvalue weighted by Crippen LogP contribution is -2.24. The molecule has 1 amide bonds. The van der Waals surface area contributed by atoms with E-state index in [-0.39, 0.29) is 16.5 Å². The number of anilines is 3. The number of pyridine rings is 1. The summed E-state index contributed by atoms with van der Waals surface area (Å²) in [6.07, 6.45) is 3.59. The molecule has 4 heterocycles. The number of carbonyl (C=O) groups is 1. The Hall–Kier alpha value is -3.20. The summed E-state index contributed by atoms with van der Waals surface area (Å²) in [5.41, 5.74) is 3.54. The van der Waals surface area contributed by atoms with E-state index in [1.165, 1.54) is 6.07 Å². The van der Waals surface area contributed by atoms with Gasteiger partial charge in [-0.1, -0.05) is 11.6 Å². The van der Waals surface area contributed by atoms with Crippen LogP contribution in [0.15, 0.2) is 24.5 Å². The summed E-state index contributed by atoms with van der Waals surface area (Å²) >= 11 is 5.96. The average molecular weight is 388 g/mol. The molecular formula is C17H17ClN8O. The van der Waals surface area contributed by atoms with Crippen LogP contribution in [0.4, 0.5) is 17.2 Å². The number of nitrogens with one attached hydrogen (secondary N) is 2. The maximum absolute atomic E-state index is 12.4. The quantitative estimate of drug-likeness (QED) is 0.708. The molecule has 0 aliphatic carbocycles. The third kappa shape index (κ3) is 2.95. The molecule has 0 spiro atoms. The first-order valence-corrected chi connectivity index (χ1v) is 8.36. The number of aromatic nitrogens is 5. The zero-order chi connectivity index (χ0) is 21.6. The molecule has 1 aliphatic heterocycles. The second kappa shape index (κ2) is 6.51. The number of nitrogens with zero attached hydrogens (tertiary/aromatic N) is 6. The van der Waals surface area contributed by atoms with Crippen molar-refractivity contribution in [1.29, 1.82) is 0 Å². The minimum Gasteiger partial charge on any atom is -0.367 e. The number of hydrogen-bond donors (Lipinski definition) is 2. The van der Waals surface area contributed by atoms with Crippen LogP contribution in [-0.4, -0.2) is 44.9 Å². The molecule has 3 aromatic rings. The van der Waals surface area contributed by atoms with Crippen molar-refractivity contribution in [3.8, 4) is 11.3 Å². The van der Waals surface area contributed by atoms with E-state index in [9.17, 15) is 4.79 Å². The molecule has 0 saturated heterocycles. The summed E-state index contributed by atoms with van der Waals surface area (Å²) in [6, 6.07) is 3.25. The van der Waals surface area contributed by atoms with Crippen molar-refractivity contribution in [2.24, 2.45) is 7.05 Å². The van der Waals surface area contributed by atoms with Crippen LogP contribution in [0.3, 0.4) is 0 Å². The van der Waals surface area contributed by atoms with Gasteiger partial charge in [0.25, 0.3) is 5.91 Å². The minimum atomic E-state index is -2.67. The SMILES string of the molecule is [2H]C([2H])([2H])NC(=O)c1nnc(Cl)cc1Nc1nccc2c1N(C)Cc1cn(C)nc1-2. The van der Waals surface area contributed by atoms with Gasteiger partial charge >= 0.3 is 0 Å². The summed E-state index contributed by atoms with van der Waals surface area (Å²) < 4.78 is 23.5. The van der Waals surface area contributed by atoms with E-state index < -0.39 is 12.9 Å². The third-order valence-electron chi connectivity index (χ3n) is 4.22. The number of fused-ring (bicyclic) bond motifs is 3. The number of aryl methyl sites for hydroxylation is 1. The smallest absolute Gasteiger partial charge is 0.273 e. The largest absolute Gasteiger partial charge is 0.367 e. The lowest BCUT2D eigenvalue weighted by Gasteiger charge is -2.28. The molecule has 27 heavy (non-hydrogen) atoms. The topological polar surface area (TPSA) is 101 Å². The van der Waals surface area contributed by atoms with Gasteiger partial charge in [-0.2, -0.15) is 5.10 Å². The van der Waals surface area contributed by atoms with Crippen LogP contribution >= 0.6 is 11.6 Å². The number of carbonyl (C=O) groups excluding carboxylic acids is 1. The standard InChI is InChI=1S/C17H17ClN8O/c1-19-17(27)14-11(6-12(18)22-23-14)21-16-15-10(4-5-20-16)13-9(7-25(15)2)8-26(3)24-13/h4-6,8H,7H2,1-3H3,(H,19,27)(H,20,21,22)/i1D3. The number of hydrogen-bond acceptors (Lipinski definition) is 7. The van der Waals surface area contributed by atoms with Crippen LogP contribution in [0, 0.1) is 0 Å². The molecule has 9 nitrogen and oxygen atoms in total. The molecule has 138 valence electrons. The molecular weight excluding hydrogens is 368 g/mol. The van der Waals surface area contributed by atoms with E-state index in [2.05, 4.69) is 25.6 Å². The fourth-order valence-corrected chi connectivity index (χ4v) is 3.30. The maximum Gasteiger partial charge on any atom is 0.273 e. The Morgan fingerprint density at radius 2 is 2.22 bits per heavy atom. The zero-order valence-corrected chi connectivity index (χ0v) is 15.2. The Labute approximate surface area is 164 Å². The van der Waals surface area contributed by atoms with Crippen LogP contribution in [0.2, 0.25) is 5.15 Å². The Morgan fingerprint density at radius 3 is 3.04 bits per heavy atom. The molecule has 0 radical (unpaired) electrons. The van der Waals surface area contributed by atoms with E-state index in [0.717, 1.165) is 22.5 Å². The van der Waals surface area contributed by atoms with Crippen molar-refractivity contribution in [2.45, 2.75) is 6.54 Å². The first-order chi connectivity index (χ1) is 14.1. The lowest BCUT2D eigenvalue weighted by atomic mass is 10.0. The normalized spacial score (nSPS) is 14.5. The molecule has 2 N–H and O–H groups in total. The molecule has 0 bridgehead atoms. The zero-order valence-electron chi connectivity index (χ0n) is 17.5. The van der Waals surface area contributed by atoms with Crippen molar-refractivity contribution in [2.75, 3.05) is 24.2 Å². The molecule has 0 aromatic carbocycles. The fourth-order valence-electron chi connectivity index (χ4n) is 3.16. The van der Waals surface area contributed by atoms with Crippen LogP contribution in [0.25, 0.3) is 11.3 Å². The summed E-state index contributed by atoms with van der Waals surface area (Å²) in [7, 11) is 3.78. The van der Waals surface area contributed by atoms with Crippen LogP contribution < -0.4 is 15.5 Å². The second-order valence-electron chi connectivity index (χ2n) is 6.10. The van der Waals surface area contributed by atoms with Gasteiger partial charge in [0.1, 0.15) is 0 Å². The van der Waals surface area contributed by atoms with Gasteiger partial charge in [0.15, 0.2) is 16.7 Å². The Kier molecular flexibility index (Phi) is 3.36. The van der Waals surface area contributed by atoms with E-state index >= 15 is 0 Å². The Morgan fingerprint density at radius 1 is 1.37 bits per heavy atom. The molecule has 0 unspecified atom stereocenters. The van der Waals surface area contributed by atoms with Gasteiger partial charge in [0.05, 0.1) is 17.1 Å². The fraction of sp³-hybridized carbons (Fsp3) is 0.235. The predicted molar refractivity (Wildman–Crippen MR) is 102 cm³/mol. The van der Waals surface area contributed by atoms with E-state index in [1.807, 2.05) is 36.6 Å². The number of rotatable bonds is 3. The van der Waals surface area contributed by atoms with Crippen molar-refractivity contribution in [3.05, 3.63) is 40.9 Å². The molecule has 4 rings (SSSR count). The van der Waals surface area contributed by atoms with Crippen molar-refractivity contribution in [1.82, 2.24) is 30.3 Å². The lowest BCUT2D eigenvalue weighted by molar-refractivity contribution is 0.0958. The van der Waals surface area contributed by atoms with Gasteiger partial charge in [0, 0.05) is 61.3 Å². The first-order valence-electron chi connectivity index (χ1n) is 9.48. The van der Waals surface area contributed by atoms with Crippen LogP contribution in [0.1, 0.15) is 20.2 Å². The second-order valence-corrected chi connectivity index (χ2v) is 6.48. The summed E-state index contributed by atoms with van der Waals surface area (Å²) in [5.74, 6) is -0.467. The van der Waals surface area contributed by atoms with E-state index in [4.69, 9.17) is 15.7 Å². The van der Waals surface area contributed by atoms with Gasteiger partial charge < -0.3 is 15.5 Å². The highest BCUT2D eigenvalue weighted by atomic mass is 35.5. The van der Waals surface area contributed by atoms with Crippen LogP contribution in [0.5, 0.6) is 0 Å². The summed E-state index contributed by atoms with van der Waals surface area (Å²) in [6.45, 7) is -2.05. The summed E-state index contributed by atoms with van der Waals surface area (Å²) in [4.78, 5) is 18.8. The highest BCUT2D eigenvalue weighted by molar-refractivity contribution is 6.29. The number of amides is 1. The van der Waals surface area contributed by atoms with Crippen LogP contribution in [-0.2, 0) is 13.6 Å². The Bertz CT molecular complexity index is 1150. The predicted octanol–water partition coefficient (Wildman–Crippen LogP) is 1.98. The average Bonchev–Trinajstić information content (AvgIpc) is 3.00. The molecule has 1 aliphatic rings. The van der Waals surface area contributed by atoms with E-state index in [0.29, 0.717) is 12.4 Å². The van der Waals surface area contributed by atoms with Crippen molar-refractivity contribution in [3.63, 3.8) is 0 Å². The van der Waals surface area contributed by atoms with Gasteiger partial charge in [-0.15, -0.1) is 10.2 Å². The van der Waals surface area contributed by atoms with Gasteiger partial charge in [-0.25, -0.2) is 4.98 Å². The molecule has 10 heteroatoms. The van der Waals surface area contributed by atoms with Crippen molar-refractivity contribution < 1.29 is 8.91 Å². The molecule has 0 saturated carbocycles. The van der Waals surface area contributed by atoms with Gasteiger partial charge in [-0.3, -0.25) is 9.48 Å². The Balaban J connectivity index is 1.77. The maximum atomic E-state index is 12.4. The monoisotopic (exact) mass is 387 g/mol. The highest BCUT2D eigenvalue weighted by Gasteiger charge is 2.26. The van der Waals surface area contributed by atoms with E-state index in [1.54, 1.807) is 10.9 Å². The summed E-state index contributed by atoms with van der Waals surface area (Å²) in [5, 5.41) is 17.0. The van der Waals surface area contributed by atoms with Crippen molar-refractivity contribution >= 4 is 34.7 Å². The third-order valence-corrected chi connectivity index (χ3v) is 4.40.